The molecule has 1 fully saturated rings. The van der Waals surface area contributed by atoms with Crippen molar-refractivity contribution in [2.45, 2.75) is 25.1 Å². The number of hydrogen-bond donors (Lipinski definition) is 3. The number of imide groups is 1. The number of aliphatic hydroxyl groups is 1. The number of rotatable bonds is 4. The highest BCUT2D eigenvalue weighted by Crippen LogP contribution is 2.32. The molecule has 1 aromatic carbocycles. The molecule has 1 saturated heterocycles. The van der Waals surface area contributed by atoms with E-state index in [0.717, 1.165) is 0 Å². The summed E-state index contributed by atoms with van der Waals surface area (Å²) in [5.74, 6) is -1.41. The first-order valence-electron chi connectivity index (χ1n) is 7.76. The summed E-state index contributed by atoms with van der Waals surface area (Å²) in [6.07, 6.45) is 5.83. The number of nitrogens with zero attached hydrogens (tertiary/aromatic N) is 1. The molecule has 0 radical (unpaired) electrons. The van der Waals surface area contributed by atoms with E-state index in [0.29, 0.717) is 15.7 Å². The van der Waals surface area contributed by atoms with E-state index in [-0.39, 0.29) is 5.91 Å². The number of allylic oxidation sites excluding steroid dienone is 1. The standard InChI is InChI=1S/C17H17Cl2N3O3/c1-2-3-14(23)13-7-5-10-15(17(25)20-16(10)24)22(13)21-12-6-4-9(18)8-11(12)19/h2-8,10,13-15,21,23H,1H3,(H,20,24,25). The Morgan fingerprint density at radius 3 is 2.72 bits per heavy atom. The van der Waals surface area contributed by atoms with Gasteiger partial charge in [0.2, 0.25) is 11.8 Å². The summed E-state index contributed by atoms with van der Waals surface area (Å²) in [5.41, 5.74) is 3.59. The first-order chi connectivity index (χ1) is 11.9. The zero-order valence-electron chi connectivity index (χ0n) is 13.3. The Labute approximate surface area is 155 Å². The summed E-state index contributed by atoms with van der Waals surface area (Å²) in [6.45, 7) is 1.79. The Morgan fingerprint density at radius 1 is 1.28 bits per heavy atom. The second-order valence-electron chi connectivity index (χ2n) is 5.86. The monoisotopic (exact) mass is 381 g/mol. The van der Waals surface area contributed by atoms with Crippen LogP contribution in [-0.2, 0) is 9.59 Å². The molecule has 2 aliphatic rings. The molecule has 3 rings (SSSR count). The van der Waals surface area contributed by atoms with Crippen LogP contribution < -0.4 is 10.7 Å². The second-order valence-corrected chi connectivity index (χ2v) is 6.70. The molecule has 8 heteroatoms. The van der Waals surface area contributed by atoms with Crippen LogP contribution in [0.5, 0.6) is 0 Å². The van der Waals surface area contributed by atoms with E-state index in [9.17, 15) is 14.7 Å². The van der Waals surface area contributed by atoms with E-state index in [1.807, 2.05) is 0 Å². The van der Waals surface area contributed by atoms with Crippen molar-refractivity contribution in [2.24, 2.45) is 5.92 Å². The lowest BCUT2D eigenvalue weighted by atomic mass is 9.92. The smallest absolute Gasteiger partial charge is 0.246 e. The molecule has 4 unspecified atom stereocenters. The van der Waals surface area contributed by atoms with E-state index in [2.05, 4.69) is 10.7 Å². The van der Waals surface area contributed by atoms with Gasteiger partial charge in [0.1, 0.15) is 6.04 Å². The number of fused-ring (bicyclic) bond motifs is 1. The number of anilines is 1. The van der Waals surface area contributed by atoms with E-state index < -0.39 is 30.0 Å². The summed E-state index contributed by atoms with van der Waals surface area (Å²) in [4.78, 5) is 24.3. The first-order valence-corrected chi connectivity index (χ1v) is 8.52. The second kappa shape index (κ2) is 7.17. The van der Waals surface area contributed by atoms with Crippen LogP contribution in [0.1, 0.15) is 6.92 Å². The van der Waals surface area contributed by atoms with Gasteiger partial charge in [-0.25, -0.2) is 5.01 Å². The Hall–Kier alpha value is -1.86. The fourth-order valence-corrected chi connectivity index (χ4v) is 3.49. The van der Waals surface area contributed by atoms with Gasteiger partial charge in [-0.1, -0.05) is 47.5 Å². The highest BCUT2D eigenvalue weighted by Gasteiger charge is 2.49. The molecule has 3 N–H and O–H groups in total. The molecule has 25 heavy (non-hydrogen) atoms. The molecule has 2 amide bonds. The van der Waals surface area contributed by atoms with Gasteiger partial charge in [0.05, 0.1) is 28.8 Å². The average Bonchev–Trinajstić information content (AvgIpc) is 2.85. The number of carbonyl (C=O) groups excluding carboxylic acids is 2. The van der Waals surface area contributed by atoms with Gasteiger partial charge in [-0.3, -0.25) is 14.9 Å². The van der Waals surface area contributed by atoms with Crippen molar-refractivity contribution in [1.29, 1.82) is 0 Å². The van der Waals surface area contributed by atoms with E-state index in [4.69, 9.17) is 23.2 Å². The Kier molecular flexibility index (Phi) is 5.15. The molecular formula is C17H17Cl2N3O3. The number of nitrogens with one attached hydrogen (secondary N) is 2. The molecule has 1 aromatic rings. The maximum atomic E-state index is 12.3. The van der Waals surface area contributed by atoms with Crippen LogP contribution in [0.2, 0.25) is 10.0 Å². The molecule has 0 aromatic heterocycles. The number of hydrogen-bond acceptors (Lipinski definition) is 5. The van der Waals surface area contributed by atoms with Crippen molar-refractivity contribution in [3.63, 3.8) is 0 Å². The van der Waals surface area contributed by atoms with Crippen LogP contribution in [0.25, 0.3) is 0 Å². The molecule has 0 saturated carbocycles. The Bertz CT molecular complexity index is 766. The SMILES string of the molecule is CC=CC(O)C1C=CC2C(=O)NC(=O)C2N1Nc1ccc(Cl)cc1Cl. The fraction of sp³-hybridized carbons (Fsp3) is 0.294. The first kappa shape index (κ1) is 17.9. The zero-order chi connectivity index (χ0) is 18.1. The summed E-state index contributed by atoms with van der Waals surface area (Å²) < 4.78 is 0. The van der Waals surface area contributed by atoms with Crippen molar-refractivity contribution in [3.8, 4) is 0 Å². The predicted molar refractivity (Wildman–Crippen MR) is 96.1 cm³/mol. The van der Waals surface area contributed by atoms with Crippen LogP contribution in [0, 0.1) is 5.92 Å². The molecular weight excluding hydrogens is 365 g/mol. The Morgan fingerprint density at radius 2 is 2.04 bits per heavy atom. The lowest BCUT2D eigenvalue weighted by Crippen LogP contribution is -2.57. The number of carbonyl (C=O) groups is 2. The van der Waals surface area contributed by atoms with Crippen LogP contribution in [-0.4, -0.2) is 40.1 Å². The minimum Gasteiger partial charge on any atom is -0.387 e. The maximum Gasteiger partial charge on any atom is 0.246 e. The highest BCUT2D eigenvalue weighted by atomic mass is 35.5. The number of aliphatic hydroxyl groups excluding tert-OH is 1. The fourth-order valence-electron chi connectivity index (χ4n) is 3.04. The van der Waals surface area contributed by atoms with Gasteiger partial charge >= 0.3 is 0 Å². The molecule has 0 bridgehead atoms. The zero-order valence-corrected chi connectivity index (χ0v) is 14.8. The van der Waals surface area contributed by atoms with Crippen LogP contribution in [0.4, 0.5) is 5.69 Å². The van der Waals surface area contributed by atoms with Crippen LogP contribution >= 0.6 is 23.2 Å². The minimum absolute atomic E-state index is 0.362. The molecule has 2 aliphatic heterocycles. The number of amides is 2. The number of hydrazine groups is 1. The van der Waals surface area contributed by atoms with Crippen LogP contribution in [0.15, 0.2) is 42.5 Å². The molecule has 2 heterocycles. The number of benzene rings is 1. The van der Waals surface area contributed by atoms with Gasteiger partial charge in [-0.15, -0.1) is 0 Å². The van der Waals surface area contributed by atoms with E-state index in [1.165, 1.54) is 0 Å². The van der Waals surface area contributed by atoms with Gasteiger partial charge in [0, 0.05) is 5.02 Å². The third-order valence-corrected chi connectivity index (χ3v) is 4.76. The Balaban J connectivity index is 1.98. The summed E-state index contributed by atoms with van der Waals surface area (Å²) in [6, 6.07) is 3.56. The van der Waals surface area contributed by atoms with Crippen molar-refractivity contribution in [1.82, 2.24) is 10.3 Å². The molecule has 4 atom stereocenters. The van der Waals surface area contributed by atoms with Gasteiger partial charge < -0.3 is 10.5 Å². The normalized spacial score (nSPS) is 27.4. The molecule has 132 valence electrons. The lowest BCUT2D eigenvalue weighted by molar-refractivity contribution is -0.126. The minimum atomic E-state index is -0.871. The molecule has 0 aliphatic carbocycles. The highest BCUT2D eigenvalue weighted by molar-refractivity contribution is 6.36. The third-order valence-electron chi connectivity index (χ3n) is 4.21. The molecule has 6 nitrogen and oxygen atoms in total. The quantitative estimate of drug-likeness (QED) is 0.549. The summed E-state index contributed by atoms with van der Waals surface area (Å²) in [7, 11) is 0. The molecule has 0 spiro atoms. The van der Waals surface area contributed by atoms with Gasteiger partial charge in [-0.2, -0.15) is 0 Å². The van der Waals surface area contributed by atoms with Crippen LogP contribution in [0.3, 0.4) is 0 Å². The number of halogens is 2. The van der Waals surface area contributed by atoms with Gasteiger partial charge in [0.15, 0.2) is 0 Å². The van der Waals surface area contributed by atoms with Gasteiger partial charge in [-0.05, 0) is 25.1 Å². The lowest BCUT2D eigenvalue weighted by Gasteiger charge is -2.40. The van der Waals surface area contributed by atoms with Crippen molar-refractivity contribution >= 4 is 40.7 Å². The van der Waals surface area contributed by atoms with E-state index in [1.54, 1.807) is 54.4 Å². The van der Waals surface area contributed by atoms with Crippen molar-refractivity contribution in [2.75, 3.05) is 5.43 Å². The largest absolute Gasteiger partial charge is 0.387 e. The summed E-state index contributed by atoms with van der Waals surface area (Å²) in [5, 5.41) is 15.1. The third kappa shape index (κ3) is 3.43. The summed E-state index contributed by atoms with van der Waals surface area (Å²) >= 11 is 12.1. The predicted octanol–water partition coefficient (Wildman–Crippen LogP) is 2.14. The van der Waals surface area contributed by atoms with Gasteiger partial charge in [0.25, 0.3) is 0 Å². The maximum absolute atomic E-state index is 12.3. The topological polar surface area (TPSA) is 81.7 Å². The average molecular weight is 382 g/mol. The van der Waals surface area contributed by atoms with E-state index >= 15 is 0 Å². The van der Waals surface area contributed by atoms with Crippen molar-refractivity contribution in [3.05, 3.63) is 52.5 Å². The van der Waals surface area contributed by atoms with Crippen molar-refractivity contribution < 1.29 is 14.7 Å².